The molecule has 0 bridgehead atoms. The van der Waals surface area contributed by atoms with Crippen molar-refractivity contribution in [2.45, 2.75) is 109 Å². The van der Waals surface area contributed by atoms with Gasteiger partial charge in [-0.25, -0.2) is 0 Å². The van der Waals surface area contributed by atoms with Crippen molar-refractivity contribution in [3.63, 3.8) is 0 Å². The molecule has 8 nitrogen and oxygen atoms in total. The quantitative estimate of drug-likeness (QED) is 0.0660. The van der Waals surface area contributed by atoms with Gasteiger partial charge in [0.25, 0.3) is 0 Å². The number of nitrogens with zero attached hydrogens (tertiary/aromatic N) is 1. The molecule has 0 aromatic carbocycles. The second-order valence-corrected chi connectivity index (χ2v) is 11.0. The first-order valence-electron chi connectivity index (χ1n) is 15.0. The van der Waals surface area contributed by atoms with Crippen LogP contribution in [0, 0.1) is 0 Å². The standard InChI is InChI=1S/C32H55NO7/c1-6-8-9-10-11-12-13-14-15-16-17-18-19-20-21-23-31(35)40-28(27-39-30(34)22-7-2)26-38-25-24-29(32(36)37)33(3,4)5/h8-9,11-12,14-15,28-29H,6-7,10,13,16-27H2,1-5H3/b9-8-,12-11-,15-14-. The van der Waals surface area contributed by atoms with Crippen molar-refractivity contribution in [1.29, 1.82) is 0 Å². The second kappa shape index (κ2) is 24.4. The van der Waals surface area contributed by atoms with E-state index in [0.29, 0.717) is 19.3 Å². The lowest BCUT2D eigenvalue weighted by atomic mass is 10.1. The van der Waals surface area contributed by atoms with Gasteiger partial charge < -0.3 is 28.6 Å². The first-order chi connectivity index (χ1) is 19.1. The van der Waals surface area contributed by atoms with Gasteiger partial charge in [0, 0.05) is 19.3 Å². The number of ether oxygens (including phenoxy) is 3. The number of carboxylic acid groups (broad SMARTS) is 1. The second-order valence-electron chi connectivity index (χ2n) is 11.0. The van der Waals surface area contributed by atoms with Gasteiger partial charge in [-0.3, -0.25) is 9.59 Å². The molecule has 0 aliphatic rings. The number of unbranched alkanes of at least 4 members (excludes halogenated alkanes) is 5. The van der Waals surface area contributed by atoms with Crippen LogP contribution in [0.1, 0.15) is 97.3 Å². The zero-order valence-electron chi connectivity index (χ0n) is 25.7. The highest BCUT2D eigenvalue weighted by Crippen LogP contribution is 2.11. The van der Waals surface area contributed by atoms with E-state index >= 15 is 0 Å². The fourth-order valence-corrected chi connectivity index (χ4v) is 3.94. The zero-order chi connectivity index (χ0) is 30.1. The van der Waals surface area contributed by atoms with Gasteiger partial charge in [0.15, 0.2) is 6.10 Å². The molecule has 2 unspecified atom stereocenters. The number of aliphatic carboxylic acids is 1. The third-order valence-corrected chi connectivity index (χ3v) is 6.26. The lowest BCUT2D eigenvalue weighted by molar-refractivity contribution is -0.889. The molecule has 0 radical (unpaired) electrons. The van der Waals surface area contributed by atoms with E-state index in [4.69, 9.17) is 14.2 Å². The number of allylic oxidation sites excluding steroid dienone is 6. The van der Waals surface area contributed by atoms with Crippen molar-refractivity contribution in [1.82, 2.24) is 0 Å². The molecule has 0 spiro atoms. The largest absolute Gasteiger partial charge is 0.544 e. The topological polar surface area (TPSA) is 102 Å². The Morgan fingerprint density at radius 3 is 2.02 bits per heavy atom. The average Bonchev–Trinajstić information content (AvgIpc) is 2.88. The van der Waals surface area contributed by atoms with Crippen LogP contribution in [0.4, 0.5) is 0 Å². The highest BCUT2D eigenvalue weighted by molar-refractivity contribution is 5.70. The molecule has 0 aromatic heterocycles. The van der Waals surface area contributed by atoms with Crippen LogP contribution in [0.5, 0.6) is 0 Å². The number of carbonyl (C=O) groups excluding carboxylic acids is 3. The predicted molar refractivity (Wildman–Crippen MR) is 157 cm³/mol. The molecule has 0 fully saturated rings. The maximum atomic E-state index is 12.4. The Hall–Kier alpha value is -2.45. The first-order valence-corrected chi connectivity index (χ1v) is 15.0. The van der Waals surface area contributed by atoms with Gasteiger partial charge in [0.2, 0.25) is 0 Å². The molecular weight excluding hydrogens is 510 g/mol. The van der Waals surface area contributed by atoms with Gasteiger partial charge in [-0.05, 0) is 44.9 Å². The highest BCUT2D eigenvalue weighted by Gasteiger charge is 2.25. The molecule has 0 aliphatic carbocycles. The number of esters is 2. The number of carbonyl (C=O) groups is 3. The number of rotatable bonds is 25. The van der Waals surface area contributed by atoms with Crippen molar-refractivity contribution in [2.24, 2.45) is 0 Å². The lowest BCUT2D eigenvalue weighted by Gasteiger charge is -2.34. The smallest absolute Gasteiger partial charge is 0.306 e. The summed E-state index contributed by atoms with van der Waals surface area (Å²) in [6, 6.07) is -0.723. The molecule has 0 N–H and O–H groups in total. The van der Waals surface area contributed by atoms with E-state index < -0.39 is 18.1 Å². The summed E-state index contributed by atoms with van der Waals surface area (Å²) >= 11 is 0. The van der Waals surface area contributed by atoms with E-state index in [9.17, 15) is 19.5 Å². The first kappa shape index (κ1) is 37.6. The number of hydrogen-bond donors (Lipinski definition) is 0. The summed E-state index contributed by atoms with van der Waals surface area (Å²) in [5.74, 6) is -1.83. The molecule has 0 saturated carbocycles. The van der Waals surface area contributed by atoms with Crippen molar-refractivity contribution >= 4 is 17.9 Å². The van der Waals surface area contributed by atoms with E-state index in [1.165, 1.54) is 0 Å². The number of carboxylic acids is 1. The molecular formula is C32H55NO7. The van der Waals surface area contributed by atoms with Gasteiger partial charge in [0.1, 0.15) is 12.6 Å². The third-order valence-electron chi connectivity index (χ3n) is 6.26. The van der Waals surface area contributed by atoms with Crippen LogP contribution in [0.2, 0.25) is 0 Å². The predicted octanol–water partition coefficient (Wildman–Crippen LogP) is 5.06. The maximum Gasteiger partial charge on any atom is 0.306 e. The van der Waals surface area contributed by atoms with Crippen LogP contribution >= 0.6 is 0 Å². The maximum absolute atomic E-state index is 12.4. The molecule has 8 heteroatoms. The average molecular weight is 566 g/mol. The number of hydrogen-bond acceptors (Lipinski definition) is 7. The summed E-state index contributed by atoms with van der Waals surface area (Å²) < 4.78 is 16.6. The van der Waals surface area contributed by atoms with E-state index in [1.807, 2.05) is 6.92 Å². The molecule has 230 valence electrons. The minimum atomic E-state index is -1.14. The van der Waals surface area contributed by atoms with E-state index in [-0.39, 0.29) is 42.7 Å². The van der Waals surface area contributed by atoms with E-state index in [1.54, 1.807) is 21.1 Å². The van der Waals surface area contributed by atoms with Crippen molar-refractivity contribution < 1.29 is 38.2 Å². The summed E-state index contributed by atoms with van der Waals surface area (Å²) in [4.78, 5) is 35.6. The van der Waals surface area contributed by atoms with E-state index in [0.717, 1.165) is 57.8 Å². The number of likely N-dealkylation sites (N-methyl/N-ethyl adjacent to an activating group) is 1. The van der Waals surface area contributed by atoms with Gasteiger partial charge in [-0.15, -0.1) is 0 Å². The number of quaternary nitrogens is 1. The highest BCUT2D eigenvalue weighted by atomic mass is 16.6. The van der Waals surface area contributed by atoms with Crippen molar-refractivity contribution in [3.05, 3.63) is 36.5 Å². The Morgan fingerprint density at radius 2 is 1.40 bits per heavy atom. The Labute approximate surface area is 243 Å². The Bertz CT molecular complexity index is 768. The van der Waals surface area contributed by atoms with Crippen LogP contribution in [0.3, 0.4) is 0 Å². The molecule has 0 heterocycles. The summed E-state index contributed by atoms with van der Waals surface area (Å²) in [6.45, 7) is 4.13. The minimum Gasteiger partial charge on any atom is -0.544 e. The van der Waals surface area contributed by atoms with Crippen LogP contribution in [-0.2, 0) is 28.6 Å². The fourth-order valence-electron chi connectivity index (χ4n) is 3.94. The molecule has 0 aromatic rings. The van der Waals surface area contributed by atoms with Crippen molar-refractivity contribution in [3.8, 4) is 0 Å². The molecule has 0 saturated heterocycles. The summed E-state index contributed by atoms with van der Waals surface area (Å²) in [5, 5.41) is 11.4. The molecule has 2 atom stereocenters. The summed E-state index contributed by atoms with van der Waals surface area (Å²) in [7, 11) is 5.34. The summed E-state index contributed by atoms with van der Waals surface area (Å²) in [6.07, 6.45) is 23.1. The van der Waals surface area contributed by atoms with Gasteiger partial charge in [-0.2, -0.15) is 0 Å². The molecule has 0 rings (SSSR count). The monoisotopic (exact) mass is 565 g/mol. The summed E-state index contributed by atoms with van der Waals surface area (Å²) in [5.41, 5.74) is 0. The molecule has 40 heavy (non-hydrogen) atoms. The van der Waals surface area contributed by atoms with E-state index in [2.05, 4.69) is 43.4 Å². The Morgan fingerprint density at radius 1 is 0.775 bits per heavy atom. The van der Waals surface area contributed by atoms with Gasteiger partial charge >= 0.3 is 11.9 Å². The van der Waals surface area contributed by atoms with Crippen LogP contribution < -0.4 is 5.11 Å². The van der Waals surface area contributed by atoms with Crippen LogP contribution in [0.15, 0.2) is 36.5 Å². The van der Waals surface area contributed by atoms with Crippen LogP contribution in [-0.4, -0.2) is 75.5 Å². The SMILES string of the molecule is CC/C=C\C/C=C\C/C=C\CCCCCCCC(=O)OC(COCCC(C(=O)[O-])[N+](C)(C)C)COC(=O)CCC. The normalized spacial score (nSPS) is 13.7. The minimum absolute atomic E-state index is 0.0290. The van der Waals surface area contributed by atoms with Crippen LogP contribution in [0.25, 0.3) is 0 Å². The zero-order valence-corrected chi connectivity index (χ0v) is 25.7. The van der Waals surface area contributed by atoms with Gasteiger partial charge in [0.05, 0.1) is 40.3 Å². The third kappa shape index (κ3) is 22.4. The molecule has 0 aliphatic heterocycles. The Kier molecular flexibility index (Phi) is 22.9. The van der Waals surface area contributed by atoms with Crippen molar-refractivity contribution in [2.75, 3.05) is 41.0 Å². The Balaban J connectivity index is 4.26. The van der Waals surface area contributed by atoms with Gasteiger partial charge in [-0.1, -0.05) is 69.6 Å². The molecule has 0 amide bonds. The lowest BCUT2D eigenvalue weighted by Crippen LogP contribution is -2.55. The fraction of sp³-hybridized carbons (Fsp3) is 0.719.